The van der Waals surface area contributed by atoms with Gasteiger partial charge < -0.3 is 4.90 Å². The Bertz CT molecular complexity index is 914. The number of nitrogens with zero attached hydrogens (tertiary/aromatic N) is 4. The molecule has 1 unspecified atom stereocenters. The van der Waals surface area contributed by atoms with Crippen LogP contribution in [0.5, 0.6) is 0 Å². The van der Waals surface area contributed by atoms with Crippen molar-refractivity contribution in [3.05, 3.63) is 60.1 Å². The summed E-state index contributed by atoms with van der Waals surface area (Å²) in [7, 11) is 0. The minimum Gasteiger partial charge on any atom is -0.307 e. The van der Waals surface area contributed by atoms with Crippen molar-refractivity contribution in [1.29, 1.82) is 0 Å². The van der Waals surface area contributed by atoms with Crippen LogP contribution in [-0.2, 0) is 11.3 Å². The fourth-order valence-corrected chi connectivity index (χ4v) is 4.03. The molecule has 0 bridgehead atoms. The average Bonchev–Trinajstić information content (AvgIpc) is 3.18. The van der Waals surface area contributed by atoms with Crippen molar-refractivity contribution < 1.29 is 4.79 Å². The number of hydrogen-bond donors (Lipinski definition) is 0. The zero-order chi connectivity index (χ0) is 23.1. The predicted molar refractivity (Wildman–Crippen MR) is 130 cm³/mol. The number of hydrogen-bond acceptors (Lipinski definition) is 3. The van der Waals surface area contributed by atoms with E-state index in [-0.39, 0.29) is 5.91 Å². The first-order valence-electron chi connectivity index (χ1n) is 11.5. The Morgan fingerprint density at radius 2 is 2.00 bits per heavy atom. The molecular formula is C26H38N4O. The molecule has 0 spiro atoms. The minimum atomic E-state index is 0.109. The van der Waals surface area contributed by atoms with E-state index in [1.165, 1.54) is 5.57 Å². The molecule has 0 saturated carbocycles. The summed E-state index contributed by atoms with van der Waals surface area (Å²) in [6, 6.07) is 0. The van der Waals surface area contributed by atoms with Gasteiger partial charge >= 0.3 is 0 Å². The van der Waals surface area contributed by atoms with Crippen molar-refractivity contribution in [2.24, 2.45) is 11.8 Å². The number of aromatic nitrogens is 3. The van der Waals surface area contributed by atoms with E-state index in [2.05, 4.69) is 63.3 Å². The summed E-state index contributed by atoms with van der Waals surface area (Å²) in [6.45, 7) is 21.9. The van der Waals surface area contributed by atoms with Gasteiger partial charge in [-0.25, -0.2) is 4.68 Å². The number of carbonyl (C=O) groups excluding carboxylic acids is 1. The molecule has 5 heteroatoms. The number of aryl methyl sites for hydroxylation is 1. The molecule has 1 aromatic rings. The van der Waals surface area contributed by atoms with Gasteiger partial charge in [-0.1, -0.05) is 71.2 Å². The Balaban J connectivity index is 0.00000166. The largest absolute Gasteiger partial charge is 0.307 e. The van der Waals surface area contributed by atoms with Crippen LogP contribution in [-0.4, -0.2) is 32.3 Å². The number of fused-ring (bicyclic) bond motifs is 2. The van der Waals surface area contributed by atoms with Crippen LogP contribution < -0.4 is 0 Å². The van der Waals surface area contributed by atoms with E-state index in [1.54, 1.807) is 12.2 Å². The van der Waals surface area contributed by atoms with Crippen molar-refractivity contribution in [2.75, 3.05) is 6.54 Å². The summed E-state index contributed by atoms with van der Waals surface area (Å²) in [6.07, 6.45) is 10.2. The van der Waals surface area contributed by atoms with Gasteiger partial charge in [-0.2, -0.15) is 0 Å². The third-order valence-electron chi connectivity index (χ3n) is 5.64. The zero-order valence-corrected chi connectivity index (χ0v) is 20.1. The molecule has 1 amide bonds. The zero-order valence-electron chi connectivity index (χ0n) is 20.1. The number of allylic oxidation sites excluding steroid dienone is 5. The second-order valence-corrected chi connectivity index (χ2v) is 8.27. The lowest BCUT2D eigenvalue weighted by Gasteiger charge is -2.31. The molecule has 0 saturated heterocycles. The Hall–Kier alpha value is -2.69. The lowest BCUT2D eigenvalue weighted by molar-refractivity contribution is -0.129. The highest BCUT2D eigenvalue weighted by Gasteiger charge is 2.31. The van der Waals surface area contributed by atoms with Crippen LogP contribution in [0.1, 0.15) is 72.2 Å². The molecule has 5 nitrogen and oxygen atoms in total. The molecule has 0 N–H and O–H groups in total. The Morgan fingerprint density at radius 1 is 1.29 bits per heavy atom. The van der Waals surface area contributed by atoms with Crippen molar-refractivity contribution in [2.45, 2.75) is 67.3 Å². The predicted octanol–water partition coefficient (Wildman–Crippen LogP) is 6.04. The molecule has 0 fully saturated rings. The Kier molecular flexibility index (Phi) is 8.78. The lowest BCUT2D eigenvalue weighted by atomic mass is 9.85. The Morgan fingerprint density at radius 3 is 2.58 bits per heavy atom. The van der Waals surface area contributed by atoms with E-state index in [1.807, 2.05) is 23.4 Å². The van der Waals surface area contributed by atoms with Gasteiger partial charge in [-0.15, -0.1) is 5.10 Å². The molecule has 2 aliphatic rings. The summed E-state index contributed by atoms with van der Waals surface area (Å²) in [5.41, 5.74) is 5.79. The van der Waals surface area contributed by atoms with Crippen LogP contribution in [0.3, 0.4) is 0 Å². The molecule has 0 radical (unpaired) electrons. The van der Waals surface area contributed by atoms with Crippen molar-refractivity contribution in [3.8, 4) is 0 Å². The molecule has 1 aliphatic carbocycles. The first-order valence-corrected chi connectivity index (χ1v) is 11.5. The molecule has 1 aromatic heterocycles. The standard InChI is InChI=1S/C24H32N4O.C2H6/c1-7-19-21(8-2)27(22(29)13-10-16(4)5)15-18-12-11-17(6)14-20(18)24-23(19)25-26-28(24)9-3;1-2/h7-8,11-12,16-17H,1-2,9-10,13-15H2,3-6H3;1-2H3/b21-19-;. The van der Waals surface area contributed by atoms with Crippen LogP contribution in [0.2, 0.25) is 0 Å². The number of rotatable bonds is 6. The van der Waals surface area contributed by atoms with Gasteiger partial charge in [0.15, 0.2) is 0 Å². The maximum absolute atomic E-state index is 13.2. The highest BCUT2D eigenvalue weighted by atomic mass is 16.2. The van der Waals surface area contributed by atoms with E-state index in [0.29, 0.717) is 24.8 Å². The SMILES string of the molecule is C=C/C1=C(\C=C)N(C(=O)CCC(C)C)CC2=C(CC(C)C=C2)c2c1nnn2CC.CC. The van der Waals surface area contributed by atoms with Gasteiger partial charge in [0.1, 0.15) is 5.69 Å². The molecule has 3 rings (SSSR count). The normalized spacial score (nSPS) is 20.4. The van der Waals surface area contributed by atoms with Crippen LogP contribution in [0.15, 0.2) is 48.7 Å². The smallest absolute Gasteiger partial charge is 0.227 e. The average molecular weight is 423 g/mol. The first-order chi connectivity index (χ1) is 14.9. The maximum atomic E-state index is 13.2. The first kappa shape index (κ1) is 24.6. The third kappa shape index (κ3) is 5.15. The molecule has 1 atom stereocenters. The van der Waals surface area contributed by atoms with Crippen molar-refractivity contribution in [1.82, 2.24) is 19.9 Å². The van der Waals surface area contributed by atoms with Crippen LogP contribution in [0, 0.1) is 11.8 Å². The van der Waals surface area contributed by atoms with Crippen LogP contribution in [0.25, 0.3) is 11.1 Å². The second kappa shape index (κ2) is 11.1. The molecule has 0 aromatic carbocycles. The molecule has 2 heterocycles. The molecule has 1 aliphatic heterocycles. The highest BCUT2D eigenvalue weighted by molar-refractivity contribution is 5.90. The van der Waals surface area contributed by atoms with Gasteiger partial charge in [-0.05, 0) is 48.8 Å². The minimum absolute atomic E-state index is 0.109. The van der Waals surface area contributed by atoms with Crippen LogP contribution in [0.4, 0.5) is 0 Å². The van der Waals surface area contributed by atoms with E-state index in [9.17, 15) is 4.79 Å². The fourth-order valence-electron chi connectivity index (χ4n) is 4.03. The molecule has 168 valence electrons. The van der Waals surface area contributed by atoms with Gasteiger partial charge in [-0.3, -0.25) is 4.79 Å². The van der Waals surface area contributed by atoms with E-state index >= 15 is 0 Å². The van der Waals surface area contributed by atoms with Crippen LogP contribution >= 0.6 is 0 Å². The number of carbonyl (C=O) groups is 1. The lowest BCUT2D eigenvalue weighted by Crippen LogP contribution is -2.34. The van der Waals surface area contributed by atoms with Gasteiger partial charge in [0.2, 0.25) is 5.91 Å². The van der Waals surface area contributed by atoms with Gasteiger partial charge in [0.25, 0.3) is 0 Å². The quantitative estimate of drug-likeness (QED) is 0.562. The summed E-state index contributed by atoms with van der Waals surface area (Å²) in [5, 5.41) is 8.90. The van der Waals surface area contributed by atoms with E-state index in [4.69, 9.17) is 0 Å². The van der Waals surface area contributed by atoms with Crippen molar-refractivity contribution >= 4 is 17.1 Å². The van der Waals surface area contributed by atoms with Crippen molar-refractivity contribution in [3.63, 3.8) is 0 Å². The maximum Gasteiger partial charge on any atom is 0.227 e. The Labute approximate surface area is 187 Å². The summed E-state index contributed by atoms with van der Waals surface area (Å²) in [4.78, 5) is 15.1. The van der Waals surface area contributed by atoms with E-state index < -0.39 is 0 Å². The van der Waals surface area contributed by atoms with E-state index in [0.717, 1.165) is 47.6 Å². The topological polar surface area (TPSA) is 51.0 Å². The third-order valence-corrected chi connectivity index (χ3v) is 5.64. The summed E-state index contributed by atoms with van der Waals surface area (Å²) >= 11 is 0. The molecule has 31 heavy (non-hydrogen) atoms. The molecular weight excluding hydrogens is 384 g/mol. The summed E-state index contributed by atoms with van der Waals surface area (Å²) < 4.78 is 1.96. The number of amides is 1. The van der Waals surface area contributed by atoms with Gasteiger partial charge in [0.05, 0.1) is 17.9 Å². The van der Waals surface area contributed by atoms with Gasteiger partial charge in [0, 0.05) is 18.5 Å². The summed E-state index contributed by atoms with van der Waals surface area (Å²) in [5.74, 6) is 1.02. The highest BCUT2D eigenvalue weighted by Crippen LogP contribution is 2.39. The monoisotopic (exact) mass is 422 g/mol. The second-order valence-electron chi connectivity index (χ2n) is 8.27. The fraction of sp³-hybridized carbons (Fsp3) is 0.500.